The van der Waals surface area contributed by atoms with Gasteiger partial charge in [0.25, 0.3) is 5.91 Å². The average molecular weight is 396 g/mol. The minimum atomic E-state index is -0.0749. The van der Waals surface area contributed by atoms with Crippen LogP contribution in [0.5, 0.6) is 11.5 Å². The lowest BCUT2D eigenvalue weighted by atomic mass is 10.2. The number of aryl methyl sites for hydroxylation is 1. The first-order valence-corrected chi connectivity index (χ1v) is 10.1. The van der Waals surface area contributed by atoms with Gasteiger partial charge in [-0.2, -0.15) is 0 Å². The molecule has 3 rings (SSSR count). The van der Waals surface area contributed by atoms with Crippen LogP contribution in [0.2, 0.25) is 0 Å². The van der Waals surface area contributed by atoms with Crippen LogP contribution in [-0.4, -0.2) is 31.6 Å². The molecule has 0 bridgehead atoms. The zero-order valence-corrected chi connectivity index (χ0v) is 17.1. The number of nitrogens with one attached hydrogen (secondary N) is 1. The molecule has 0 aliphatic carbocycles. The monoisotopic (exact) mass is 396 g/mol. The van der Waals surface area contributed by atoms with Crippen molar-refractivity contribution in [1.29, 1.82) is 0 Å². The molecule has 1 aliphatic heterocycles. The van der Waals surface area contributed by atoms with E-state index in [1.807, 2.05) is 44.2 Å². The van der Waals surface area contributed by atoms with Gasteiger partial charge >= 0.3 is 0 Å². The fourth-order valence-corrected chi connectivity index (χ4v) is 3.24. The summed E-state index contributed by atoms with van der Waals surface area (Å²) in [5, 5.41) is 2.87. The molecule has 0 radical (unpaired) electrons. The SMILES string of the molecule is CCCC(=O)Nc1ccc2c(c1)N(CCCCOc1cccc(C)c1)C(=O)CO2. The Morgan fingerprint density at radius 1 is 1.21 bits per heavy atom. The van der Waals surface area contributed by atoms with Crippen LogP contribution in [0.3, 0.4) is 0 Å². The number of carbonyl (C=O) groups is 2. The van der Waals surface area contributed by atoms with Crippen LogP contribution in [0.4, 0.5) is 11.4 Å². The molecule has 2 aromatic rings. The highest BCUT2D eigenvalue weighted by Gasteiger charge is 2.25. The molecule has 29 heavy (non-hydrogen) atoms. The lowest BCUT2D eigenvalue weighted by Gasteiger charge is -2.30. The summed E-state index contributed by atoms with van der Waals surface area (Å²) in [6.07, 6.45) is 2.90. The average Bonchev–Trinajstić information content (AvgIpc) is 2.69. The topological polar surface area (TPSA) is 67.9 Å². The molecule has 1 heterocycles. The van der Waals surface area contributed by atoms with E-state index in [1.165, 1.54) is 5.56 Å². The summed E-state index contributed by atoms with van der Waals surface area (Å²) in [5.74, 6) is 1.42. The number of carbonyl (C=O) groups excluding carboxylic acids is 2. The van der Waals surface area contributed by atoms with Crippen LogP contribution in [-0.2, 0) is 9.59 Å². The van der Waals surface area contributed by atoms with Gasteiger partial charge < -0.3 is 19.7 Å². The summed E-state index contributed by atoms with van der Waals surface area (Å²) in [7, 11) is 0. The van der Waals surface area contributed by atoms with Gasteiger partial charge in [-0.1, -0.05) is 19.1 Å². The third kappa shape index (κ3) is 5.73. The zero-order chi connectivity index (χ0) is 20.6. The largest absolute Gasteiger partial charge is 0.494 e. The number of nitrogens with zero attached hydrogens (tertiary/aromatic N) is 1. The summed E-state index contributed by atoms with van der Waals surface area (Å²) in [5.41, 5.74) is 2.54. The Bertz CT molecular complexity index is 866. The van der Waals surface area contributed by atoms with Crippen LogP contribution < -0.4 is 19.7 Å². The second-order valence-corrected chi connectivity index (χ2v) is 7.19. The van der Waals surface area contributed by atoms with E-state index in [4.69, 9.17) is 9.47 Å². The van der Waals surface area contributed by atoms with Gasteiger partial charge in [0.1, 0.15) is 11.5 Å². The van der Waals surface area contributed by atoms with Gasteiger partial charge in [-0.05, 0) is 62.1 Å². The molecule has 0 fully saturated rings. The molecule has 0 saturated carbocycles. The van der Waals surface area contributed by atoms with Crippen molar-refractivity contribution in [3.05, 3.63) is 48.0 Å². The van der Waals surface area contributed by atoms with Gasteiger partial charge in [0.2, 0.25) is 5.91 Å². The summed E-state index contributed by atoms with van der Waals surface area (Å²) < 4.78 is 11.3. The standard InChI is InChI=1S/C23H28N2O4/c1-3-7-22(26)24-18-10-11-21-20(15-18)25(23(27)16-29-21)12-4-5-13-28-19-9-6-8-17(2)14-19/h6,8-11,14-15H,3-5,7,12-13,16H2,1-2H3,(H,24,26). The van der Waals surface area contributed by atoms with Gasteiger partial charge in [-0.25, -0.2) is 0 Å². The first-order valence-electron chi connectivity index (χ1n) is 10.1. The van der Waals surface area contributed by atoms with Crippen LogP contribution >= 0.6 is 0 Å². The molecule has 1 N–H and O–H groups in total. The maximum Gasteiger partial charge on any atom is 0.265 e. The number of fused-ring (bicyclic) bond motifs is 1. The molecule has 6 heteroatoms. The van der Waals surface area contributed by atoms with E-state index in [0.717, 1.165) is 25.0 Å². The Hall–Kier alpha value is -3.02. The normalized spacial score (nSPS) is 12.9. The maximum absolute atomic E-state index is 12.4. The number of ether oxygens (including phenoxy) is 2. The predicted octanol–water partition coefficient (Wildman–Crippen LogP) is 4.32. The molecule has 0 saturated heterocycles. The fraction of sp³-hybridized carbons (Fsp3) is 0.391. The Kier molecular flexibility index (Phi) is 7.11. The van der Waals surface area contributed by atoms with Crippen molar-refractivity contribution in [2.45, 2.75) is 39.5 Å². The van der Waals surface area contributed by atoms with Crippen molar-refractivity contribution < 1.29 is 19.1 Å². The molecule has 6 nitrogen and oxygen atoms in total. The molecule has 0 spiro atoms. The van der Waals surface area contributed by atoms with E-state index in [0.29, 0.717) is 36.7 Å². The van der Waals surface area contributed by atoms with Gasteiger partial charge in [-0.3, -0.25) is 9.59 Å². The van der Waals surface area contributed by atoms with Gasteiger partial charge in [0.05, 0.1) is 12.3 Å². The molecular weight excluding hydrogens is 368 g/mol. The number of hydrogen-bond donors (Lipinski definition) is 1. The predicted molar refractivity (Wildman–Crippen MR) is 114 cm³/mol. The Labute approximate surface area is 171 Å². The van der Waals surface area contributed by atoms with E-state index < -0.39 is 0 Å². The lowest BCUT2D eigenvalue weighted by Crippen LogP contribution is -2.39. The summed E-state index contributed by atoms with van der Waals surface area (Å²) in [6, 6.07) is 13.4. The van der Waals surface area contributed by atoms with Crippen molar-refractivity contribution in [3.8, 4) is 11.5 Å². The van der Waals surface area contributed by atoms with Crippen molar-refractivity contribution in [2.24, 2.45) is 0 Å². The molecule has 2 amide bonds. The summed E-state index contributed by atoms with van der Waals surface area (Å²) in [6.45, 7) is 5.21. The summed E-state index contributed by atoms with van der Waals surface area (Å²) in [4.78, 5) is 26.0. The van der Waals surface area contributed by atoms with E-state index in [2.05, 4.69) is 5.32 Å². The first-order chi connectivity index (χ1) is 14.1. The van der Waals surface area contributed by atoms with E-state index in [-0.39, 0.29) is 18.4 Å². The highest BCUT2D eigenvalue weighted by Crippen LogP contribution is 2.34. The van der Waals surface area contributed by atoms with Gasteiger partial charge in [0, 0.05) is 18.7 Å². The van der Waals surface area contributed by atoms with Gasteiger partial charge in [-0.15, -0.1) is 0 Å². The number of benzene rings is 2. The smallest absolute Gasteiger partial charge is 0.265 e. The minimum absolute atomic E-state index is 0.0321. The van der Waals surface area contributed by atoms with E-state index in [1.54, 1.807) is 17.0 Å². The van der Waals surface area contributed by atoms with Crippen molar-refractivity contribution in [2.75, 3.05) is 30.0 Å². The summed E-state index contributed by atoms with van der Waals surface area (Å²) >= 11 is 0. The molecule has 0 aromatic heterocycles. The molecule has 2 aromatic carbocycles. The van der Waals surface area contributed by atoms with Crippen molar-refractivity contribution >= 4 is 23.2 Å². The number of unbranched alkanes of at least 4 members (excludes halogenated alkanes) is 1. The van der Waals surface area contributed by atoms with Crippen molar-refractivity contribution in [3.63, 3.8) is 0 Å². The molecule has 0 atom stereocenters. The molecule has 1 aliphatic rings. The van der Waals surface area contributed by atoms with Gasteiger partial charge in [0.15, 0.2) is 6.61 Å². The third-order valence-corrected chi connectivity index (χ3v) is 4.70. The highest BCUT2D eigenvalue weighted by molar-refractivity contribution is 5.99. The Balaban J connectivity index is 1.56. The zero-order valence-electron chi connectivity index (χ0n) is 17.1. The van der Waals surface area contributed by atoms with E-state index in [9.17, 15) is 9.59 Å². The lowest BCUT2D eigenvalue weighted by molar-refractivity contribution is -0.121. The number of amides is 2. The molecule has 154 valence electrons. The van der Waals surface area contributed by atoms with E-state index >= 15 is 0 Å². The third-order valence-electron chi connectivity index (χ3n) is 4.70. The van der Waals surface area contributed by atoms with Crippen LogP contribution in [0.15, 0.2) is 42.5 Å². The fourth-order valence-electron chi connectivity index (χ4n) is 3.24. The molecule has 0 unspecified atom stereocenters. The maximum atomic E-state index is 12.4. The number of anilines is 2. The van der Waals surface area contributed by atoms with Crippen LogP contribution in [0.25, 0.3) is 0 Å². The minimum Gasteiger partial charge on any atom is -0.494 e. The second-order valence-electron chi connectivity index (χ2n) is 7.19. The Morgan fingerprint density at radius 3 is 2.86 bits per heavy atom. The number of hydrogen-bond acceptors (Lipinski definition) is 4. The second kappa shape index (κ2) is 9.96. The first kappa shape index (κ1) is 20.7. The highest BCUT2D eigenvalue weighted by atomic mass is 16.5. The van der Waals surface area contributed by atoms with Crippen LogP contribution in [0.1, 0.15) is 38.2 Å². The Morgan fingerprint density at radius 2 is 2.07 bits per heavy atom. The van der Waals surface area contributed by atoms with Crippen LogP contribution in [0, 0.1) is 6.92 Å². The quantitative estimate of drug-likeness (QED) is 0.641. The number of rotatable bonds is 9. The van der Waals surface area contributed by atoms with Crippen molar-refractivity contribution in [1.82, 2.24) is 0 Å². The molecular formula is C23H28N2O4.